The van der Waals surface area contributed by atoms with Crippen LogP contribution in [0.3, 0.4) is 0 Å². The summed E-state index contributed by atoms with van der Waals surface area (Å²) in [6.45, 7) is 0. The van der Waals surface area contributed by atoms with E-state index in [9.17, 15) is 0 Å². The molecule has 0 spiro atoms. The molecule has 5 rings (SSSR count). The summed E-state index contributed by atoms with van der Waals surface area (Å²) < 4.78 is 18.3. The van der Waals surface area contributed by atoms with E-state index in [2.05, 4.69) is 15.3 Å². The Bertz CT molecular complexity index is 1400. The van der Waals surface area contributed by atoms with Gasteiger partial charge in [-0.05, 0) is 18.2 Å². The predicted molar refractivity (Wildman–Crippen MR) is 124 cm³/mol. The molecule has 0 aliphatic carbocycles. The van der Waals surface area contributed by atoms with Gasteiger partial charge in [-0.15, -0.1) is 0 Å². The van der Waals surface area contributed by atoms with Crippen molar-refractivity contribution in [3.8, 4) is 22.9 Å². The van der Waals surface area contributed by atoms with Gasteiger partial charge in [0.2, 0.25) is 11.7 Å². The van der Waals surface area contributed by atoms with Crippen LogP contribution >= 0.6 is 0 Å². The van der Waals surface area contributed by atoms with Crippen molar-refractivity contribution in [2.75, 3.05) is 26.6 Å². The number of para-hydroxylation sites is 1. The number of pyridine rings is 1. The van der Waals surface area contributed by atoms with Crippen molar-refractivity contribution in [1.29, 1.82) is 0 Å². The SMILES string of the molecule is COc1cc(Nc2ncc3ccn(-c4cccc5cccnc45)c3n2)cc(OC)c1OC. The molecular formula is C24H21N5O3. The number of hydrogen-bond donors (Lipinski definition) is 1. The quantitative estimate of drug-likeness (QED) is 0.419. The fourth-order valence-electron chi connectivity index (χ4n) is 3.74. The molecule has 2 aromatic carbocycles. The molecule has 0 atom stereocenters. The molecule has 8 nitrogen and oxygen atoms in total. The summed E-state index contributed by atoms with van der Waals surface area (Å²) >= 11 is 0. The molecule has 0 aliphatic rings. The molecule has 0 fully saturated rings. The number of nitrogens with one attached hydrogen (secondary N) is 1. The Labute approximate surface area is 184 Å². The number of nitrogens with zero attached hydrogens (tertiary/aromatic N) is 4. The first-order chi connectivity index (χ1) is 15.7. The zero-order valence-corrected chi connectivity index (χ0v) is 17.9. The normalized spacial score (nSPS) is 11.0. The molecule has 160 valence electrons. The Morgan fingerprint density at radius 2 is 1.62 bits per heavy atom. The lowest BCUT2D eigenvalue weighted by Crippen LogP contribution is -2.02. The van der Waals surface area contributed by atoms with E-state index in [1.807, 2.05) is 59.3 Å². The van der Waals surface area contributed by atoms with Gasteiger partial charge < -0.3 is 19.5 Å². The molecule has 0 saturated heterocycles. The number of ether oxygens (including phenoxy) is 3. The lowest BCUT2D eigenvalue weighted by Gasteiger charge is -2.14. The number of rotatable bonds is 6. The summed E-state index contributed by atoms with van der Waals surface area (Å²) in [7, 11) is 4.73. The molecule has 0 unspecified atom stereocenters. The molecule has 0 radical (unpaired) electrons. The van der Waals surface area contributed by atoms with Crippen LogP contribution in [0.1, 0.15) is 0 Å². The third-order valence-corrected chi connectivity index (χ3v) is 5.22. The first-order valence-electron chi connectivity index (χ1n) is 9.97. The van der Waals surface area contributed by atoms with Crippen molar-refractivity contribution in [3.05, 3.63) is 67.1 Å². The minimum Gasteiger partial charge on any atom is -0.493 e. The van der Waals surface area contributed by atoms with Crippen LogP contribution < -0.4 is 19.5 Å². The fourth-order valence-corrected chi connectivity index (χ4v) is 3.74. The smallest absolute Gasteiger partial charge is 0.229 e. The van der Waals surface area contributed by atoms with Gasteiger partial charge in [-0.1, -0.05) is 18.2 Å². The van der Waals surface area contributed by atoms with E-state index in [-0.39, 0.29) is 0 Å². The van der Waals surface area contributed by atoms with Crippen LogP contribution in [-0.4, -0.2) is 40.8 Å². The van der Waals surface area contributed by atoms with Gasteiger partial charge in [0.15, 0.2) is 11.5 Å². The number of hydrogen-bond acceptors (Lipinski definition) is 7. The van der Waals surface area contributed by atoms with Gasteiger partial charge in [0.25, 0.3) is 0 Å². The Hall–Kier alpha value is -4.33. The van der Waals surface area contributed by atoms with Gasteiger partial charge >= 0.3 is 0 Å². The second kappa shape index (κ2) is 8.07. The van der Waals surface area contributed by atoms with Crippen molar-refractivity contribution < 1.29 is 14.2 Å². The minimum absolute atomic E-state index is 0.444. The predicted octanol–water partition coefficient (Wildman–Crippen LogP) is 4.74. The summed E-state index contributed by atoms with van der Waals surface area (Å²) in [5.41, 5.74) is 3.35. The fraction of sp³-hybridized carbons (Fsp3) is 0.125. The summed E-state index contributed by atoms with van der Waals surface area (Å²) in [6.07, 6.45) is 5.56. The third kappa shape index (κ3) is 3.31. The summed E-state index contributed by atoms with van der Waals surface area (Å²) in [4.78, 5) is 13.8. The second-order valence-corrected chi connectivity index (χ2v) is 7.05. The highest BCUT2D eigenvalue weighted by molar-refractivity contribution is 5.89. The molecule has 3 aromatic heterocycles. The number of aromatic nitrogens is 4. The molecule has 1 N–H and O–H groups in total. The highest BCUT2D eigenvalue weighted by Gasteiger charge is 2.15. The van der Waals surface area contributed by atoms with Gasteiger partial charge in [0.1, 0.15) is 5.65 Å². The Balaban J connectivity index is 1.58. The maximum absolute atomic E-state index is 5.44. The maximum Gasteiger partial charge on any atom is 0.229 e. The van der Waals surface area contributed by atoms with Crippen molar-refractivity contribution in [2.45, 2.75) is 0 Å². The number of anilines is 2. The van der Waals surface area contributed by atoms with Gasteiger partial charge in [0, 0.05) is 47.2 Å². The van der Waals surface area contributed by atoms with E-state index < -0.39 is 0 Å². The zero-order chi connectivity index (χ0) is 22.1. The number of methoxy groups -OCH3 is 3. The van der Waals surface area contributed by atoms with Crippen LogP contribution in [0.5, 0.6) is 17.2 Å². The van der Waals surface area contributed by atoms with E-state index in [1.165, 1.54) is 0 Å². The van der Waals surface area contributed by atoms with Gasteiger partial charge in [0.05, 0.1) is 32.5 Å². The van der Waals surface area contributed by atoms with E-state index in [0.29, 0.717) is 28.9 Å². The van der Waals surface area contributed by atoms with E-state index in [4.69, 9.17) is 19.2 Å². The second-order valence-electron chi connectivity index (χ2n) is 7.05. The number of benzene rings is 2. The Morgan fingerprint density at radius 3 is 2.38 bits per heavy atom. The largest absolute Gasteiger partial charge is 0.493 e. The Kier molecular flexibility index (Phi) is 4.95. The average Bonchev–Trinajstić information content (AvgIpc) is 3.26. The third-order valence-electron chi connectivity index (χ3n) is 5.22. The lowest BCUT2D eigenvalue weighted by atomic mass is 10.2. The standard InChI is InChI=1S/C24H21N5O3/c1-30-19-12-17(13-20(31-2)22(19)32-3)27-24-26-14-16-9-11-29(23(16)28-24)18-8-4-6-15-7-5-10-25-21(15)18/h4-14H,1-3H3,(H,26,27,28). The van der Waals surface area contributed by atoms with E-state index in [0.717, 1.165) is 27.6 Å². The van der Waals surface area contributed by atoms with Crippen molar-refractivity contribution in [3.63, 3.8) is 0 Å². The first-order valence-corrected chi connectivity index (χ1v) is 9.97. The van der Waals surface area contributed by atoms with Crippen LogP contribution in [0.2, 0.25) is 0 Å². The van der Waals surface area contributed by atoms with Crippen molar-refractivity contribution in [1.82, 2.24) is 19.5 Å². The summed E-state index contributed by atoms with van der Waals surface area (Å²) in [5.74, 6) is 2.05. The molecule has 32 heavy (non-hydrogen) atoms. The van der Waals surface area contributed by atoms with Crippen LogP contribution in [0.15, 0.2) is 67.1 Å². The van der Waals surface area contributed by atoms with Crippen molar-refractivity contribution in [2.24, 2.45) is 0 Å². The zero-order valence-electron chi connectivity index (χ0n) is 17.9. The minimum atomic E-state index is 0.444. The van der Waals surface area contributed by atoms with E-state index in [1.54, 1.807) is 33.7 Å². The highest BCUT2D eigenvalue weighted by Crippen LogP contribution is 2.40. The van der Waals surface area contributed by atoms with E-state index >= 15 is 0 Å². The summed E-state index contributed by atoms with van der Waals surface area (Å²) in [6, 6.07) is 15.7. The molecule has 5 aromatic rings. The number of fused-ring (bicyclic) bond motifs is 2. The van der Waals surface area contributed by atoms with Gasteiger partial charge in [-0.2, -0.15) is 4.98 Å². The lowest BCUT2D eigenvalue weighted by molar-refractivity contribution is 0.324. The molecule has 0 bridgehead atoms. The molecule has 0 saturated carbocycles. The highest BCUT2D eigenvalue weighted by atomic mass is 16.5. The average molecular weight is 427 g/mol. The van der Waals surface area contributed by atoms with Crippen LogP contribution in [0.4, 0.5) is 11.6 Å². The van der Waals surface area contributed by atoms with Gasteiger partial charge in [-0.3, -0.25) is 9.55 Å². The maximum atomic E-state index is 5.44. The molecular weight excluding hydrogens is 406 g/mol. The van der Waals surface area contributed by atoms with Crippen molar-refractivity contribution >= 4 is 33.6 Å². The topological polar surface area (TPSA) is 83.3 Å². The Morgan fingerprint density at radius 1 is 0.844 bits per heavy atom. The van der Waals surface area contributed by atoms with Crippen LogP contribution in [-0.2, 0) is 0 Å². The molecule has 0 aliphatic heterocycles. The first kappa shape index (κ1) is 19.6. The monoisotopic (exact) mass is 427 g/mol. The van der Waals surface area contributed by atoms with Gasteiger partial charge in [-0.25, -0.2) is 4.98 Å². The van der Waals surface area contributed by atoms with Crippen LogP contribution in [0, 0.1) is 0 Å². The summed E-state index contributed by atoms with van der Waals surface area (Å²) in [5, 5.41) is 5.23. The molecule has 0 amide bonds. The molecule has 8 heteroatoms. The molecule has 3 heterocycles. The van der Waals surface area contributed by atoms with Crippen LogP contribution in [0.25, 0.3) is 27.6 Å².